The van der Waals surface area contributed by atoms with Crippen molar-refractivity contribution in [3.05, 3.63) is 18.5 Å². The fourth-order valence-corrected chi connectivity index (χ4v) is 1.58. The van der Waals surface area contributed by atoms with Gasteiger partial charge in [-0.15, -0.1) is 0 Å². The summed E-state index contributed by atoms with van der Waals surface area (Å²) < 4.78 is 5.34. The molecule has 7 nitrogen and oxygen atoms in total. The molecule has 0 bridgehead atoms. The molecule has 0 fully saturated rings. The first-order chi connectivity index (χ1) is 8.18. The maximum absolute atomic E-state index is 11.8. The molecule has 7 heteroatoms. The number of nitrogens with one attached hydrogen (secondary N) is 1. The third-order valence-electron chi connectivity index (χ3n) is 2.32. The highest BCUT2D eigenvalue weighted by Gasteiger charge is 2.23. The number of rotatable bonds is 2. The second-order valence-electron chi connectivity index (χ2n) is 3.40. The van der Waals surface area contributed by atoms with E-state index >= 15 is 0 Å². The van der Waals surface area contributed by atoms with Crippen LogP contribution in [0.4, 0.5) is 10.5 Å². The van der Waals surface area contributed by atoms with Crippen molar-refractivity contribution >= 4 is 17.7 Å². The van der Waals surface area contributed by atoms with Gasteiger partial charge in [0.25, 0.3) is 0 Å². The van der Waals surface area contributed by atoms with Crippen LogP contribution >= 0.6 is 0 Å². The first-order valence-electron chi connectivity index (χ1n) is 5.02. The van der Waals surface area contributed by atoms with E-state index in [0.29, 0.717) is 24.6 Å². The molecule has 0 saturated carbocycles. The van der Waals surface area contributed by atoms with Gasteiger partial charge in [0.1, 0.15) is 13.2 Å². The van der Waals surface area contributed by atoms with Gasteiger partial charge in [-0.1, -0.05) is 0 Å². The van der Waals surface area contributed by atoms with Crippen molar-refractivity contribution < 1.29 is 19.4 Å². The van der Waals surface area contributed by atoms with E-state index in [1.54, 1.807) is 12.3 Å². The Morgan fingerprint density at radius 1 is 1.59 bits per heavy atom. The Morgan fingerprint density at radius 2 is 2.41 bits per heavy atom. The molecule has 17 heavy (non-hydrogen) atoms. The fourth-order valence-electron chi connectivity index (χ4n) is 1.58. The van der Waals surface area contributed by atoms with Crippen LogP contribution in [0.3, 0.4) is 0 Å². The molecule has 0 atom stereocenters. The van der Waals surface area contributed by atoms with Crippen LogP contribution in [0.5, 0.6) is 5.75 Å². The van der Waals surface area contributed by atoms with Crippen LogP contribution in [0, 0.1) is 0 Å². The molecule has 2 rings (SSSR count). The lowest BCUT2D eigenvalue weighted by Crippen LogP contribution is -2.43. The fraction of sp³-hybridized carbons (Fsp3) is 0.300. The molecule has 0 spiro atoms. The third-order valence-corrected chi connectivity index (χ3v) is 2.32. The average molecular weight is 237 g/mol. The Kier molecular flexibility index (Phi) is 3.08. The standard InChI is InChI=1S/C10H11N3O4/c14-9(6-12-10(15)16)13-3-4-17-8-5-11-2-1-7(8)13/h1-2,5,12H,3-4,6H2,(H,15,16). The highest BCUT2D eigenvalue weighted by molar-refractivity contribution is 5.97. The lowest BCUT2D eigenvalue weighted by atomic mass is 10.3. The summed E-state index contributed by atoms with van der Waals surface area (Å²) in [5.41, 5.74) is 0.614. The number of fused-ring (bicyclic) bond motifs is 1. The number of amides is 2. The Balaban J connectivity index is 2.12. The topological polar surface area (TPSA) is 91.8 Å². The zero-order valence-corrected chi connectivity index (χ0v) is 8.92. The van der Waals surface area contributed by atoms with Crippen LogP contribution in [0.15, 0.2) is 18.5 Å². The molecule has 2 N–H and O–H groups in total. The Morgan fingerprint density at radius 3 is 3.18 bits per heavy atom. The summed E-state index contributed by atoms with van der Waals surface area (Å²) in [7, 11) is 0. The summed E-state index contributed by atoms with van der Waals surface area (Å²) >= 11 is 0. The van der Waals surface area contributed by atoms with Gasteiger partial charge in [0.15, 0.2) is 5.75 Å². The van der Waals surface area contributed by atoms with E-state index in [1.165, 1.54) is 11.1 Å². The predicted molar refractivity (Wildman–Crippen MR) is 58.1 cm³/mol. The van der Waals surface area contributed by atoms with Gasteiger partial charge in [-0.05, 0) is 6.07 Å². The van der Waals surface area contributed by atoms with Crippen LogP contribution < -0.4 is 15.0 Å². The molecule has 0 radical (unpaired) electrons. The van der Waals surface area contributed by atoms with E-state index in [9.17, 15) is 9.59 Å². The smallest absolute Gasteiger partial charge is 0.405 e. The lowest BCUT2D eigenvalue weighted by Gasteiger charge is -2.28. The van der Waals surface area contributed by atoms with E-state index in [0.717, 1.165) is 0 Å². The van der Waals surface area contributed by atoms with Crippen LogP contribution in [0.1, 0.15) is 0 Å². The van der Waals surface area contributed by atoms with Crippen molar-refractivity contribution in [1.82, 2.24) is 10.3 Å². The lowest BCUT2D eigenvalue weighted by molar-refractivity contribution is -0.118. The molecule has 1 aliphatic heterocycles. The van der Waals surface area contributed by atoms with Crippen LogP contribution in [0.2, 0.25) is 0 Å². The largest absolute Gasteiger partial charge is 0.488 e. The van der Waals surface area contributed by atoms with Gasteiger partial charge in [0, 0.05) is 6.20 Å². The maximum atomic E-state index is 11.8. The van der Waals surface area contributed by atoms with E-state index in [-0.39, 0.29) is 12.5 Å². The summed E-state index contributed by atoms with van der Waals surface area (Å²) in [6.45, 7) is 0.520. The highest BCUT2D eigenvalue weighted by Crippen LogP contribution is 2.29. The van der Waals surface area contributed by atoms with Crippen LogP contribution in [0.25, 0.3) is 0 Å². The number of aromatic nitrogens is 1. The Bertz CT molecular complexity index is 449. The number of carboxylic acid groups (broad SMARTS) is 1. The monoisotopic (exact) mass is 237 g/mol. The average Bonchev–Trinajstić information content (AvgIpc) is 2.35. The first kappa shape index (κ1) is 11.2. The Labute approximate surface area is 97.0 Å². The van der Waals surface area contributed by atoms with E-state index < -0.39 is 6.09 Å². The molecule has 0 unspecified atom stereocenters. The minimum absolute atomic E-state index is 0.253. The molecule has 2 heterocycles. The SMILES string of the molecule is O=C(O)NCC(=O)N1CCOc2cnccc21. The minimum Gasteiger partial charge on any atom is -0.488 e. The third kappa shape index (κ3) is 2.44. The van der Waals surface area contributed by atoms with Crippen molar-refractivity contribution in [2.24, 2.45) is 0 Å². The van der Waals surface area contributed by atoms with Crippen molar-refractivity contribution in [3.8, 4) is 5.75 Å². The van der Waals surface area contributed by atoms with Crippen LogP contribution in [-0.2, 0) is 4.79 Å². The maximum Gasteiger partial charge on any atom is 0.405 e. The van der Waals surface area contributed by atoms with Crippen LogP contribution in [-0.4, -0.2) is 41.8 Å². The van der Waals surface area contributed by atoms with Crippen molar-refractivity contribution in [2.45, 2.75) is 0 Å². The molecule has 1 aromatic heterocycles. The van der Waals surface area contributed by atoms with Gasteiger partial charge < -0.3 is 20.1 Å². The zero-order valence-electron chi connectivity index (χ0n) is 8.92. The molecule has 2 amide bonds. The number of ether oxygens (including phenoxy) is 1. The number of carbonyl (C=O) groups is 2. The normalized spacial score (nSPS) is 13.5. The van der Waals surface area contributed by atoms with Crippen molar-refractivity contribution in [3.63, 3.8) is 0 Å². The summed E-state index contributed by atoms with van der Waals surface area (Å²) in [5.74, 6) is 0.213. The number of nitrogens with zero attached hydrogens (tertiary/aromatic N) is 2. The second kappa shape index (κ2) is 4.69. The molecule has 0 saturated heterocycles. The number of hydrogen-bond acceptors (Lipinski definition) is 4. The molecule has 1 aliphatic rings. The van der Waals surface area contributed by atoms with Gasteiger partial charge >= 0.3 is 6.09 Å². The van der Waals surface area contributed by atoms with Crippen molar-refractivity contribution in [2.75, 3.05) is 24.6 Å². The van der Waals surface area contributed by atoms with Gasteiger partial charge in [-0.25, -0.2) is 4.79 Å². The zero-order chi connectivity index (χ0) is 12.3. The molecule has 90 valence electrons. The summed E-state index contributed by atoms with van der Waals surface area (Å²) in [4.78, 5) is 27.5. The summed E-state index contributed by atoms with van der Waals surface area (Å²) in [6, 6.07) is 1.66. The van der Waals surface area contributed by atoms with Gasteiger partial charge in [0.05, 0.1) is 18.4 Å². The first-order valence-corrected chi connectivity index (χ1v) is 5.02. The predicted octanol–water partition coefficient (Wildman–Crippen LogP) is 0.0746. The second-order valence-corrected chi connectivity index (χ2v) is 3.40. The number of carbonyl (C=O) groups excluding carboxylic acids is 1. The van der Waals surface area contributed by atoms with E-state index in [2.05, 4.69) is 4.98 Å². The van der Waals surface area contributed by atoms with E-state index in [4.69, 9.17) is 9.84 Å². The summed E-state index contributed by atoms with van der Waals surface area (Å²) in [6.07, 6.45) is 1.86. The molecule has 0 aromatic carbocycles. The number of pyridine rings is 1. The molecular formula is C10H11N3O4. The molecule has 1 aromatic rings. The Hall–Kier alpha value is -2.31. The molecular weight excluding hydrogens is 226 g/mol. The molecule has 0 aliphatic carbocycles. The summed E-state index contributed by atoms with van der Waals surface area (Å²) in [5, 5.41) is 10.5. The highest BCUT2D eigenvalue weighted by atomic mass is 16.5. The minimum atomic E-state index is -1.22. The van der Waals surface area contributed by atoms with Gasteiger partial charge in [0.2, 0.25) is 5.91 Å². The van der Waals surface area contributed by atoms with Crippen molar-refractivity contribution in [1.29, 1.82) is 0 Å². The van der Waals surface area contributed by atoms with Gasteiger partial charge in [-0.3, -0.25) is 9.78 Å². The van der Waals surface area contributed by atoms with Gasteiger partial charge in [-0.2, -0.15) is 0 Å². The number of anilines is 1. The number of hydrogen-bond donors (Lipinski definition) is 2. The van der Waals surface area contributed by atoms with E-state index in [1.807, 2.05) is 5.32 Å². The quantitative estimate of drug-likeness (QED) is 0.759.